The Bertz CT molecular complexity index is 1240. The summed E-state index contributed by atoms with van der Waals surface area (Å²) in [6.45, 7) is 5.31. The van der Waals surface area contributed by atoms with Gasteiger partial charge < -0.3 is 24.7 Å². The number of nitrogens with zero attached hydrogens (tertiary/aromatic N) is 1. The van der Waals surface area contributed by atoms with E-state index in [0.29, 0.717) is 46.3 Å². The highest BCUT2D eigenvalue weighted by molar-refractivity contribution is 6.27. The summed E-state index contributed by atoms with van der Waals surface area (Å²) in [6, 6.07) is 8.77. The second-order valence-electron chi connectivity index (χ2n) is 8.93. The molecule has 1 aliphatic rings. The molecule has 0 radical (unpaired) electrons. The number of halogens is 1. The fourth-order valence-electron chi connectivity index (χ4n) is 4.10. The summed E-state index contributed by atoms with van der Waals surface area (Å²) in [5, 5.41) is 7.35. The van der Waals surface area contributed by atoms with Crippen molar-refractivity contribution in [2.24, 2.45) is 0 Å². The van der Waals surface area contributed by atoms with Gasteiger partial charge in [0, 0.05) is 31.1 Å². The van der Waals surface area contributed by atoms with Gasteiger partial charge in [-0.05, 0) is 40.1 Å². The zero-order valence-corrected chi connectivity index (χ0v) is 19.5. The van der Waals surface area contributed by atoms with Crippen LogP contribution in [0.25, 0.3) is 21.9 Å². The molecule has 0 spiro atoms. The standard InChI is InChI=1S/C24H28ClN3O4/c1-24(2)19(27-20(29)13-25)11-15-18(32-24)12-16(26-9-10-28(3)4)21-22(30)14-7-5-6-8-17(14)31-23(15)21/h5-8,12,19,26H,9-11,13H2,1-4H3,(H,27,29). The van der Waals surface area contributed by atoms with Gasteiger partial charge in [0.05, 0.1) is 22.5 Å². The molecule has 2 N–H and O–H groups in total. The number of para-hydroxylation sites is 1. The molecule has 0 saturated carbocycles. The number of likely N-dealkylation sites (N-methyl/N-ethyl adjacent to an activating group) is 1. The van der Waals surface area contributed by atoms with Gasteiger partial charge >= 0.3 is 0 Å². The number of nitrogens with one attached hydrogen (secondary N) is 2. The number of benzene rings is 2. The third kappa shape index (κ3) is 4.14. The first kappa shape index (κ1) is 22.4. The number of hydrogen-bond donors (Lipinski definition) is 2. The third-order valence-electron chi connectivity index (χ3n) is 5.87. The van der Waals surface area contributed by atoms with E-state index in [4.69, 9.17) is 20.8 Å². The third-order valence-corrected chi connectivity index (χ3v) is 6.11. The van der Waals surface area contributed by atoms with E-state index in [1.54, 1.807) is 12.1 Å². The Morgan fingerprint density at radius 1 is 1.28 bits per heavy atom. The average Bonchev–Trinajstić information content (AvgIpc) is 2.74. The van der Waals surface area contributed by atoms with Crippen LogP contribution in [0, 0.1) is 0 Å². The maximum atomic E-state index is 13.5. The van der Waals surface area contributed by atoms with Crippen molar-refractivity contribution < 1.29 is 13.9 Å². The predicted octanol–water partition coefficient (Wildman–Crippen LogP) is 3.36. The van der Waals surface area contributed by atoms with Crippen molar-refractivity contribution in [3.8, 4) is 5.75 Å². The number of hydrogen-bond acceptors (Lipinski definition) is 6. The van der Waals surface area contributed by atoms with Crippen molar-refractivity contribution in [2.45, 2.75) is 31.9 Å². The minimum atomic E-state index is -0.666. The summed E-state index contributed by atoms with van der Waals surface area (Å²) >= 11 is 5.71. The second kappa shape index (κ2) is 8.64. The smallest absolute Gasteiger partial charge is 0.235 e. The van der Waals surface area contributed by atoms with Gasteiger partial charge in [0.15, 0.2) is 0 Å². The number of carbonyl (C=O) groups is 1. The Hall–Kier alpha value is -2.77. The summed E-state index contributed by atoms with van der Waals surface area (Å²) in [5.74, 6) is 0.244. The van der Waals surface area contributed by atoms with Crippen LogP contribution in [0.3, 0.4) is 0 Å². The lowest BCUT2D eigenvalue weighted by Crippen LogP contribution is -2.56. The number of fused-ring (bicyclic) bond motifs is 4. The molecule has 170 valence electrons. The van der Waals surface area contributed by atoms with Crippen LogP contribution < -0.4 is 20.8 Å². The van der Waals surface area contributed by atoms with Crippen LogP contribution in [0.15, 0.2) is 39.5 Å². The molecule has 1 unspecified atom stereocenters. The van der Waals surface area contributed by atoms with Crippen LogP contribution in [-0.2, 0) is 11.2 Å². The highest BCUT2D eigenvalue weighted by Gasteiger charge is 2.39. The Morgan fingerprint density at radius 2 is 2.03 bits per heavy atom. The van der Waals surface area contributed by atoms with Crippen molar-refractivity contribution in [1.82, 2.24) is 10.2 Å². The Balaban J connectivity index is 1.91. The summed E-state index contributed by atoms with van der Waals surface area (Å²) in [4.78, 5) is 27.6. The zero-order chi connectivity index (χ0) is 23.0. The van der Waals surface area contributed by atoms with Crippen LogP contribution in [0.4, 0.5) is 5.69 Å². The number of rotatable bonds is 6. The summed E-state index contributed by atoms with van der Waals surface area (Å²) in [6.07, 6.45) is 0.459. The molecule has 1 atom stereocenters. The van der Waals surface area contributed by atoms with E-state index in [-0.39, 0.29) is 23.3 Å². The van der Waals surface area contributed by atoms with E-state index in [9.17, 15) is 9.59 Å². The second-order valence-corrected chi connectivity index (χ2v) is 9.19. The monoisotopic (exact) mass is 457 g/mol. The van der Waals surface area contributed by atoms with Gasteiger partial charge in [-0.15, -0.1) is 11.6 Å². The van der Waals surface area contributed by atoms with E-state index in [1.165, 1.54) is 0 Å². The lowest BCUT2D eigenvalue weighted by molar-refractivity contribution is -0.121. The average molecular weight is 458 g/mol. The van der Waals surface area contributed by atoms with E-state index in [2.05, 4.69) is 15.5 Å². The number of alkyl halides is 1. The van der Waals surface area contributed by atoms with E-state index in [1.807, 2.05) is 46.1 Å². The van der Waals surface area contributed by atoms with Crippen LogP contribution in [0.2, 0.25) is 0 Å². The molecule has 0 aliphatic carbocycles. The normalized spacial score (nSPS) is 17.2. The molecule has 2 aromatic carbocycles. The fourth-order valence-corrected chi connectivity index (χ4v) is 4.18. The van der Waals surface area contributed by atoms with Gasteiger partial charge in [-0.2, -0.15) is 0 Å². The summed E-state index contributed by atoms with van der Waals surface area (Å²) < 4.78 is 12.6. The van der Waals surface area contributed by atoms with E-state index >= 15 is 0 Å². The number of anilines is 1. The van der Waals surface area contributed by atoms with E-state index < -0.39 is 5.60 Å². The molecule has 1 amide bonds. The van der Waals surface area contributed by atoms with Gasteiger partial charge in [0.25, 0.3) is 0 Å². The maximum Gasteiger partial charge on any atom is 0.235 e. The molecule has 2 heterocycles. The quantitative estimate of drug-likeness (QED) is 0.436. The first-order chi connectivity index (χ1) is 15.2. The van der Waals surface area contributed by atoms with Gasteiger partial charge in [0.1, 0.15) is 28.4 Å². The number of carbonyl (C=O) groups excluding carboxylic acids is 1. The molecule has 32 heavy (non-hydrogen) atoms. The fraction of sp³-hybridized carbons (Fsp3) is 0.417. The molecule has 1 aromatic heterocycles. The molecule has 0 fully saturated rings. The SMILES string of the molecule is CN(C)CCNc1cc2c(c3oc4ccccc4c(=O)c13)CC(NC(=O)CCl)C(C)(C)O2. The Labute approximate surface area is 191 Å². The zero-order valence-electron chi connectivity index (χ0n) is 18.8. The Kier molecular flexibility index (Phi) is 6.05. The molecule has 8 heteroatoms. The molecular formula is C24H28ClN3O4. The van der Waals surface area contributed by atoms with Gasteiger partial charge in [-0.3, -0.25) is 9.59 Å². The van der Waals surface area contributed by atoms with Gasteiger partial charge in [-0.25, -0.2) is 0 Å². The van der Waals surface area contributed by atoms with Crippen molar-refractivity contribution >= 4 is 45.1 Å². The van der Waals surface area contributed by atoms with Crippen LogP contribution >= 0.6 is 11.6 Å². The number of amides is 1. The molecule has 1 aliphatic heterocycles. The minimum absolute atomic E-state index is 0.0943. The van der Waals surface area contributed by atoms with Crippen molar-refractivity contribution in [2.75, 3.05) is 38.4 Å². The van der Waals surface area contributed by atoms with Crippen molar-refractivity contribution in [1.29, 1.82) is 0 Å². The topological polar surface area (TPSA) is 83.8 Å². The van der Waals surface area contributed by atoms with Crippen molar-refractivity contribution in [3.63, 3.8) is 0 Å². The molecular weight excluding hydrogens is 430 g/mol. The maximum absolute atomic E-state index is 13.5. The molecule has 7 nitrogen and oxygen atoms in total. The molecule has 0 saturated heterocycles. The summed E-state index contributed by atoms with van der Waals surface area (Å²) in [7, 11) is 3.99. The van der Waals surface area contributed by atoms with Gasteiger partial charge in [0.2, 0.25) is 11.3 Å². The van der Waals surface area contributed by atoms with Crippen LogP contribution in [0.1, 0.15) is 19.4 Å². The van der Waals surface area contributed by atoms with Crippen LogP contribution in [0.5, 0.6) is 5.75 Å². The van der Waals surface area contributed by atoms with Crippen LogP contribution in [-0.4, -0.2) is 55.5 Å². The first-order valence-corrected chi connectivity index (χ1v) is 11.2. The number of ether oxygens (including phenoxy) is 1. The lowest BCUT2D eigenvalue weighted by atomic mass is 9.87. The Morgan fingerprint density at radius 3 is 2.75 bits per heavy atom. The molecule has 0 bridgehead atoms. The first-order valence-electron chi connectivity index (χ1n) is 10.7. The largest absolute Gasteiger partial charge is 0.485 e. The lowest BCUT2D eigenvalue weighted by Gasteiger charge is -2.40. The molecule has 4 rings (SSSR count). The molecule has 3 aromatic rings. The van der Waals surface area contributed by atoms with Crippen molar-refractivity contribution in [3.05, 3.63) is 46.1 Å². The highest BCUT2D eigenvalue weighted by atomic mass is 35.5. The predicted molar refractivity (Wildman–Crippen MR) is 128 cm³/mol. The van der Waals surface area contributed by atoms with Gasteiger partial charge in [-0.1, -0.05) is 12.1 Å². The van der Waals surface area contributed by atoms with E-state index in [0.717, 1.165) is 12.1 Å². The highest BCUT2D eigenvalue weighted by Crippen LogP contribution is 2.41. The summed E-state index contributed by atoms with van der Waals surface area (Å²) in [5.41, 5.74) is 1.69. The minimum Gasteiger partial charge on any atom is -0.485 e.